The lowest BCUT2D eigenvalue weighted by atomic mass is 10.2. The minimum absolute atomic E-state index is 0.0571. The quantitative estimate of drug-likeness (QED) is 0.673. The second kappa shape index (κ2) is 6.00. The van der Waals surface area contributed by atoms with Crippen LogP contribution < -0.4 is 5.32 Å². The first-order chi connectivity index (χ1) is 9.47. The normalized spacial score (nSPS) is 12.2. The van der Waals surface area contributed by atoms with Gasteiger partial charge in [0.25, 0.3) is 0 Å². The van der Waals surface area contributed by atoms with Crippen molar-refractivity contribution in [2.75, 3.05) is 5.32 Å². The summed E-state index contributed by atoms with van der Waals surface area (Å²) in [5, 5.41) is 14.3. The maximum absolute atomic E-state index is 11.1. The Bertz CT molecular complexity index is 625. The highest BCUT2D eigenvalue weighted by molar-refractivity contribution is 7.11. The third-order valence-electron chi connectivity index (χ3n) is 3.00. The molecule has 1 atom stereocenters. The molecule has 0 aromatic carbocycles. The van der Waals surface area contributed by atoms with E-state index in [-0.39, 0.29) is 16.7 Å². The van der Waals surface area contributed by atoms with E-state index in [2.05, 4.69) is 29.4 Å². The molecule has 2 aromatic rings. The van der Waals surface area contributed by atoms with Crippen LogP contribution in [0.5, 0.6) is 0 Å². The van der Waals surface area contributed by atoms with E-state index < -0.39 is 0 Å². The lowest BCUT2D eigenvalue weighted by Gasteiger charge is -2.14. The number of hydrogen-bond donors (Lipinski definition) is 1. The van der Waals surface area contributed by atoms with Crippen LogP contribution in [-0.2, 0) is 6.42 Å². The predicted octanol–water partition coefficient (Wildman–Crippen LogP) is 3.71. The van der Waals surface area contributed by atoms with E-state index >= 15 is 0 Å². The van der Waals surface area contributed by atoms with Crippen LogP contribution in [0.2, 0.25) is 0 Å². The minimum Gasteiger partial charge on any atom is -0.362 e. The summed E-state index contributed by atoms with van der Waals surface area (Å²) in [7, 11) is 0. The summed E-state index contributed by atoms with van der Waals surface area (Å²) in [6.07, 6.45) is 2.41. The van der Waals surface area contributed by atoms with Gasteiger partial charge < -0.3 is 5.32 Å². The van der Waals surface area contributed by atoms with Gasteiger partial charge in [-0.3, -0.25) is 10.1 Å². The number of nitro groups is 1. The topological polar surface area (TPSA) is 68.1 Å². The molecule has 2 rings (SSSR count). The largest absolute Gasteiger partial charge is 0.362 e. The van der Waals surface area contributed by atoms with Crippen molar-refractivity contribution >= 4 is 22.8 Å². The average molecular weight is 291 g/mol. The number of aromatic nitrogens is 1. The van der Waals surface area contributed by atoms with Crippen LogP contribution >= 0.6 is 11.3 Å². The zero-order valence-corrected chi connectivity index (χ0v) is 12.5. The number of pyridine rings is 1. The molecule has 0 saturated heterocycles. The van der Waals surface area contributed by atoms with E-state index in [9.17, 15) is 10.1 Å². The van der Waals surface area contributed by atoms with Crippen LogP contribution in [0.1, 0.15) is 22.2 Å². The number of hydrogen-bond acceptors (Lipinski definition) is 5. The minimum atomic E-state index is -0.382. The van der Waals surface area contributed by atoms with Crippen molar-refractivity contribution in [2.45, 2.75) is 33.2 Å². The highest BCUT2D eigenvalue weighted by Crippen LogP contribution is 2.26. The molecule has 2 heterocycles. The molecule has 5 nitrogen and oxygen atoms in total. The van der Waals surface area contributed by atoms with Gasteiger partial charge in [0.1, 0.15) is 0 Å². The van der Waals surface area contributed by atoms with Gasteiger partial charge >= 0.3 is 5.69 Å². The van der Waals surface area contributed by atoms with E-state index in [1.807, 2.05) is 6.92 Å². The van der Waals surface area contributed by atoms with E-state index in [1.54, 1.807) is 30.5 Å². The molecule has 1 unspecified atom stereocenters. The molecule has 0 aliphatic heterocycles. The van der Waals surface area contributed by atoms with E-state index in [0.717, 1.165) is 6.42 Å². The van der Waals surface area contributed by atoms with Crippen molar-refractivity contribution in [2.24, 2.45) is 0 Å². The fourth-order valence-corrected chi connectivity index (χ4v) is 3.09. The van der Waals surface area contributed by atoms with Gasteiger partial charge in [-0.2, -0.15) is 0 Å². The summed E-state index contributed by atoms with van der Waals surface area (Å²) in [5.41, 5.74) is 0.674. The molecule has 0 fully saturated rings. The van der Waals surface area contributed by atoms with Gasteiger partial charge in [-0.1, -0.05) is 0 Å². The van der Waals surface area contributed by atoms with Gasteiger partial charge in [0.05, 0.1) is 4.92 Å². The lowest BCUT2D eigenvalue weighted by Crippen LogP contribution is -2.19. The first kappa shape index (κ1) is 14.5. The summed E-state index contributed by atoms with van der Waals surface area (Å²) >= 11 is 1.75. The molecular formula is C14H17N3O2S. The number of anilines is 1. The molecule has 0 radical (unpaired) electrons. The average Bonchev–Trinajstić information content (AvgIpc) is 2.74. The number of nitrogens with zero attached hydrogens (tertiary/aromatic N) is 2. The Kier molecular flexibility index (Phi) is 4.34. The summed E-state index contributed by atoms with van der Waals surface area (Å²) in [4.78, 5) is 17.4. The van der Waals surface area contributed by atoms with Gasteiger partial charge in [0.2, 0.25) is 5.82 Å². The summed E-state index contributed by atoms with van der Waals surface area (Å²) in [6.45, 7) is 5.79. The van der Waals surface area contributed by atoms with Gasteiger partial charge in [0.15, 0.2) is 0 Å². The van der Waals surface area contributed by atoms with Crippen LogP contribution in [0.3, 0.4) is 0 Å². The summed E-state index contributed by atoms with van der Waals surface area (Å²) < 4.78 is 0. The van der Waals surface area contributed by atoms with Crippen molar-refractivity contribution in [3.63, 3.8) is 0 Å². The molecule has 106 valence electrons. The van der Waals surface area contributed by atoms with Gasteiger partial charge in [-0.15, -0.1) is 11.3 Å². The summed E-state index contributed by atoms with van der Waals surface area (Å²) in [6, 6.07) is 5.91. The number of thiophene rings is 1. The Labute approximate surface area is 121 Å². The molecule has 0 bridgehead atoms. The Morgan fingerprint density at radius 1 is 1.40 bits per heavy atom. The summed E-state index contributed by atoms with van der Waals surface area (Å²) in [5.74, 6) is 0.343. The monoisotopic (exact) mass is 291 g/mol. The van der Waals surface area contributed by atoms with Crippen LogP contribution in [0.25, 0.3) is 0 Å². The predicted molar refractivity (Wildman–Crippen MR) is 81.5 cm³/mol. The highest BCUT2D eigenvalue weighted by atomic mass is 32.1. The van der Waals surface area contributed by atoms with Crippen LogP contribution in [0.15, 0.2) is 24.4 Å². The van der Waals surface area contributed by atoms with Crippen LogP contribution in [-0.4, -0.2) is 15.9 Å². The Hall–Kier alpha value is -1.95. The smallest absolute Gasteiger partial charge is 0.314 e. The second-order valence-electron chi connectivity index (χ2n) is 4.84. The van der Waals surface area contributed by atoms with E-state index in [4.69, 9.17) is 0 Å². The Morgan fingerprint density at radius 2 is 2.15 bits per heavy atom. The SMILES string of the molecule is Cc1ccc(CC(C)Nc2nccc(C)c2[N+](=O)[O-])s1. The number of nitrogens with one attached hydrogen (secondary N) is 1. The van der Waals surface area contributed by atoms with Gasteiger partial charge in [0, 0.05) is 34.0 Å². The molecule has 0 spiro atoms. The van der Waals surface area contributed by atoms with Crippen molar-refractivity contribution < 1.29 is 4.92 Å². The van der Waals surface area contributed by atoms with Crippen LogP contribution in [0, 0.1) is 24.0 Å². The highest BCUT2D eigenvalue weighted by Gasteiger charge is 2.19. The third-order valence-corrected chi connectivity index (χ3v) is 4.02. The standard InChI is InChI=1S/C14H17N3O2S/c1-9-6-7-15-14(13(9)17(18)19)16-10(2)8-12-5-4-11(3)20-12/h4-7,10H,8H2,1-3H3,(H,15,16). The Morgan fingerprint density at radius 3 is 2.75 bits per heavy atom. The Balaban J connectivity index is 2.13. The fourth-order valence-electron chi connectivity index (χ4n) is 2.07. The van der Waals surface area contributed by atoms with Crippen molar-refractivity contribution in [1.82, 2.24) is 4.98 Å². The zero-order chi connectivity index (χ0) is 14.7. The van der Waals surface area contributed by atoms with Crippen molar-refractivity contribution in [3.05, 3.63) is 49.8 Å². The number of rotatable bonds is 5. The third kappa shape index (κ3) is 3.33. The van der Waals surface area contributed by atoms with E-state index in [1.165, 1.54) is 9.75 Å². The first-order valence-electron chi connectivity index (χ1n) is 6.39. The molecule has 0 aliphatic rings. The molecule has 2 aromatic heterocycles. The molecule has 0 aliphatic carbocycles. The number of aryl methyl sites for hydroxylation is 2. The molecule has 0 amide bonds. The molecule has 6 heteroatoms. The molecular weight excluding hydrogens is 274 g/mol. The molecule has 20 heavy (non-hydrogen) atoms. The van der Waals surface area contributed by atoms with Crippen LogP contribution in [0.4, 0.5) is 11.5 Å². The maximum atomic E-state index is 11.1. The zero-order valence-electron chi connectivity index (χ0n) is 11.7. The maximum Gasteiger partial charge on any atom is 0.314 e. The molecule has 0 saturated carbocycles. The molecule has 1 N–H and O–H groups in total. The first-order valence-corrected chi connectivity index (χ1v) is 7.21. The second-order valence-corrected chi connectivity index (χ2v) is 6.22. The van der Waals surface area contributed by atoms with Crippen molar-refractivity contribution in [1.29, 1.82) is 0 Å². The van der Waals surface area contributed by atoms with Gasteiger partial charge in [-0.05, 0) is 39.0 Å². The van der Waals surface area contributed by atoms with Gasteiger partial charge in [-0.25, -0.2) is 4.98 Å². The fraction of sp³-hybridized carbons (Fsp3) is 0.357. The lowest BCUT2D eigenvalue weighted by molar-refractivity contribution is -0.384. The van der Waals surface area contributed by atoms with Crippen molar-refractivity contribution in [3.8, 4) is 0 Å². The van der Waals surface area contributed by atoms with E-state index in [0.29, 0.717) is 11.4 Å².